The molecule has 12 heavy (non-hydrogen) atoms. The van der Waals surface area contributed by atoms with E-state index in [0.29, 0.717) is 6.04 Å². The summed E-state index contributed by atoms with van der Waals surface area (Å²) in [6, 6.07) is 0.524. The molecule has 1 rings (SSSR count). The number of hydrogen-bond donors (Lipinski definition) is 2. The molecule has 1 saturated heterocycles. The maximum absolute atomic E-state index is 9.03. The maximum atomic E-state index is 9.03. The van der Waals surface area contributed by atoms with Crippen LogP contribution in [0.25, 0.3) is 0 Å². The van der Waals surface area contributed by atoms with Crippen molar-refractivity contribution in [2.24, 2.45) is 11.8 Å². The van der Waals surface area contributed by atoms with E-state index in [9.17, 15) is 0 Å². The predicted octanol–water partition coefficient (Wildman–Crippen LogP) is -0.0726. The molecule has 3 heteroatoms. The van der Waals surface area contributed by atoms with Crippen LogP contribution in [0.3, 0.4) is 0 Å². The van der Waals surface area contributed by atoms with Gasteiger partial charge in [-0.2, -0.15) is 0 Å². The van der Waals surface area contributed by atoms with Crippen LogP contribution in [0, 0.1) is 11.8 Å². The third-order valence-corrected chi connectivity index (χ3v) is 2.80. The van der Waals surface area contributed by atoms with Crippen LogP contribution < -0.4 is 0 Å². The fourth-order valence-corrected chi connectivity index (χ4v) is 1.81. The summed E-state index contributed by atoms with van der Waals surface area (Å²) in [6.07, 6.45) is 0. The highest BCUT2D eigenvalue weighted by molar-refractivity contribution is 4.84. The average molecular weight is 173 g/mol. The molecule has 1 fully saturated rings. The minimum absolute atomic E-state index is 0.203. The quantitative estimate of drug-likeness (QED) is 0.628. The van der Waals surface area contributed by atoms with E-state index in [-0.39, 0.29) is 25.0 Å². The lowest BCUT2D eigenvalue weighted by Gasteiger charge is -2.19. The second-order valence-corrected chi connectivity index (χ2v) is 3.93. The van der Waals surface area contributed by atoms with Crippen LogP contribution in [0.1, 0.15) is 13.8 Å². The van der Waals surface area contributed by atoms with Crippen LogP contribution >= 0.6 is 0 Å². The van der Waals surface area contributed by atoms with Gasteiger partial charge in [-0.25, -0.2) is 0 Å². The molecule has 0 aromatic rings. The van der Waals surface area contributed by atoms with Crippen LogP contribution in [-0.4, -0.2) is 47.5 Å². The monoisotopic (exact) mass is 173 g/mol. The summed E-state index contributed by atoms with van der Waals surface area (Å²) in [7, 11) is 0. The lowest BCUT2D eigenvalue weighted by molar-refractivity contribution is 0.152. The van der Waals surface area contributed by atoms with Crippen LogP contribution in [0.5, 0.6) is 0 Å². The number of hydrogen-bond acceptors (Lipinski definition) is 3. The zero-order valence-corrected chi connectivity index (χ0v) is 7.90. The van der Waals surface area contributed by atoms with Gasteiger partial charge in [-0.05, 0) is 13.8 Å². The fraction of sp³-hybridized carbons (Fsp3) is 1.00. The Hall–Kier alpha value is -0.120. The second-order valence-electron chi connectivity index (χ2n) is 3.93. The number of rotatable bonds is 3. The number of nitrogens with zero attached hydrogens (tertiary/aromatic N) is 1. The fourth-order valence-electron chi connectivity index (χ4n) is 1.81. The topological polar surface area (TPSA) is 43.7 Å². The largest absolute Gasteiger partial charge is 0.396 e. The second kappa shape index (κ2) is 4.21. The molecule has 0 bridgehead atoms. The maximum Gasteiger partial charge on any atom is 0.0475 e. The zero-order valence-electron chi connectivity index (χ0n) is 7.90. The third-order valence-electron chi connectivity index (χ3n) is 2.80. The molecular formula is C9H19NO2. The molecule has 1 aliphatic rings. The summed E-state index contributed by atoms with van der Waals surface area (Å²) >= 11 is 0. The first kappa shape index (κ1) is 9.96. The first-order valence-electron chi connectivity index (χ1n) is 4.64. The Morgan fingerprint density at radius 3 is 1.83 bits per heavy atom. The highest BCUT2D eigenvalue weighted by atomic mass is 16.3. The van der Waals surface area contributed by atoms with E-state index >= 15 is 0 Å². The molecule has 2 atom stereocenters. The third kappa shape index (κ3) is 1.97. The molecule has 0 saturated carbocycles. The summed E-state index contributed by atoms with van der Waals surface area (Å²) in [4.78, 5) is 2.31. The molecule has 2 N–H and O–H groups in total. The van der Waals surface area contributed by atoms with Gasteiger partial charge in [0.25, 0.3) is 0 Å². The summed E-state index contributed by atoms with van der Waals surface area (Å²) in [5, 5.41) is 18.1. The lowest BCUT2D eigenvalue weighted by atomic mass is 9.98. The van der Waals surface area contributed by atoms with E-state index < -0.39 is 0 Å². The smallest absolute Gasteiger partial charge is 0.0475 e. The highest BCUT2D eigenvalue weighted by Crippen LogP contribution is 2.23. The van der Waals surface area contributed by atoms with Gasteiger partial charge in [0, 0.05) is 44.2 Å². The van der Waals surface area contributed by atoms with Crippen molar-refractivity contribution in [2.45, 2.75) is 19.9 Å². The number of aliphatic hydroxyl groups is 2. The molecule has 1 heterocycles. The van der Waals surface area contributed by atoms with Gasteiger partial charge in [-0.3, -0.25) is 0 Å². The van der Waals surface area contributed by atoms with E-state index in [1.54, 1.807) is 0 Å². The van der Waals surface area contributed by atoms with Crippen molar-refractivity contribution in [3.8, 4) is 0 Å². The molecule has 0 radical (unpaired) electrons. The van der Waals surface area contributed by atoms with Crippen molar-refractivity contribution in [2.75, 3.05) is 26.3 Å². The van der Waals surface area contributed by atoms with Gasteiger partial charge < -0.3 is 15.1 Å². The van der Waals surface area contributed by atoms with Crippen LogP contribution in [0.15, 0.2) is 0 Å². The van der Waals surface area contributed by atoms with Gasteiger partial charge in [-0.1, -0.05) is 0 Å². The average Bonchev–Trinajstić information content (AvgIpc) is 2.46. The van der Waals surface area contributed by atoms with Crippen molar-refractivity contribution in [3.63, 3.8) is 0 Å². The normalized spacial score (nSPS) is 31.8. The first-order chi connectivity index (χ1) is 5.69. The molecule has 0 aliphatic carbocycles. The zero-order chi connectivity index (χ0) is 9.14. The van der Waals surface area contributed by atoms with E-state index in [0.717, 1.165) is 13.1 Å². The van der Waals surface area contributed by atoms with Crippen LogP contribution in [0.2, 0.25) is 0 Å². The summed E-state index contributed by atoms with van der Waals surface area (Å²) in [6.45, 7) is 6.56. The Labute approximate surface area is 74.0 Å². The Morgan fingerprint density at radius 1 is 1.17 bits per heavy atom. The van der Waals surface area contributed by atoms with Gasteiger partial charge >= 0.3 is 0 Å². The minimum Gasteiger partial charge on any atom is -0.396 e. The molecule has 0 aromatic carbocycles. The first-order valence-corrected chi connectivity index (χ1v) is 4.64. The van der Waals surface area contributed by atoms with Crippen molar-refractivity contribution in [3.05, 3.63) is 0 Å². The van der Waals surface area contributed by atoms with Gasteiger partial charge in [0.15, 0.2) is 0 Å². The Bertz CT molecular complexity index is 126. The van der Waals surface area contributed by atoms with Gasteiger partial charge in [0.1, 0.15) is 0 Å². The molecular weight excluding hydrogens is 154 g/mol. The Balaban J connectivity index is 2.47. The van der Waals surface area contributed by atoms with E-state index in [1.165, 1.54) is 0 Å². The number of likely N-dealkylation sites (tertiary alicyclic amines) is 1. The van der Waals surface area contributed by atoms with Gasteiger partial charge in [0.05, 0.1) is 0 Å². The molecule has 72 valence electrons. The predicted molar refractivity (Wildman–Crippen MR) is 47.9 cm³/mol. The van der Waals surface area contributed by atoms with Crippen molar-refractivity contribution >= 4 is 0 Å². The lowest BCUT2D eigenvalue weighted by Crippen LogP contribution is -2.29. The van der Waals surface area contributed by atoms with Crippen molar-refractivity contribution < 1.29 is 10.2 Å². The van der Waals surface area contributed by atoms with E-state index in [1.807, 2.05) is 0 Å². The summed E-state index contributed by atoms with van der Waals surface area (Å²) in [5.41, 5.74) is 0. The molecule has 1 aliphatic heterocycles. The Morgan fingerprint density at radius 2 is 1.58 bits per heavy atom. The van der Waals surface area contributed by atoms with E-state index in [2.05, 4.69) is 18.7 Å². The summed E-state index contributed by atoms with van der Waals surface area (Å²) < 4.78 is 0. The minimum atomic E-state index is 0.203. The van der Waals surface area contributed by atoms with Crippen LogP contribution in [-0.2, 0) is 0 Å². The number of aliphatic hydroxyl groups excluding tert-OH is 2. The van der Waals surface area contributed by atoms with Crippen molar-refractivity contribution in [1.82, 2.24) is 4.90 Å². The Kier molecular flexibility index (Phi) is 3.50. The molecule has 0 spiro atoms. The molecule has 0 aromatic heterocycles. The summed E-state index contributed by atoms with van der Waals surface area (Å²) in [5.74, 6) is 0.551. The molecule has 2 unspecified atom stereocenters. The molecule has 3 nitrogen and oxygen atoms in total. The SMILES string of the molecule is CC(C)N1CC(CO)C(CO)C1. The van der Waals surface area contributed by atoms with E-state index in [4.69, 9.17) is 10.2 Å². The standard InChI is InChI=1S/C9H19NO2/c1-7(2)10-3-8(5-11)9(4-10)6-12/h7-9,11-12H,3-6H2,1-2H3. The highest BCUT2D eigenvalue weighted by Gasteiger charge is 2.32. The molecule has 0 amide bonds. The van der Waals surface area contributed by atoms with Crippen molar-refractivity contribution in [1.29, 1.82) is 0 Å². The van der Waals surface area contributed by atoms with Gasteiger partial charge in [0.2, 0.25) is 0 Å². The van der Waals surface area contributed by atoms with Gasteiger partial charge in [-0.15, -0.1) is 0 Å². The van der Waals surface area contributed by atoms with Crippen LogP contribution in [0.4, 0.5) is 0 Å².